The van der Waals surface area contributed by atoms with Gasteiger partial charge in [-0.1, -0.05) is 24.2 Å². The van der Waals surface area contributed by atoms with E-state index in [4.69, 9.17) is 14.4 Å². The summed E-state index contributed by atoms with van der Waals surface area (Å²) in [4.78, 5) is 10.6. The Bertz CT molecular complexity index is 438. The molecule has 0 aromatic carbocycles. The fourth-order valence-electron chi connectivity index (χ4n) is 2.03. The molecule has 0 fully saturated rings. The number of hydrogen-bond donors (Lipinski definition) is 1. The number of carboxylic acid groups (broad SMARTS) is 1. The molecule has 1 heterocycles. The highest BCUT2D eigenvalue weighted by Crippen LogP contribution is 2.25. The molecule has 1 aromatic rings. The summed E-state index contributed by atoms with van der Waals surface area (Å²) >= 11 is 0. The average molecular weight is 251 g/mol. The van der Waals surface area contributed by atoms with Crippen molar-refractivity contribution in [2.45, 2.75) is 26.4 Å². The summed E-state index contributed by atoms with van der Waals surface area (Å²) in [5.41, 5.74) is -0.0810. The fourth-order valence-corrected chi connectivity index (χ4v) is 2.03. The second-order valence-corrected chi connectivity index (χ2v) is 4.68. The molecule has 18 heavy (non-hydrogen) atoms. The van der Waals surface area contributed by atoms with Crippen molar-refractivity contribution in [3.05, 3.63) is 29.7 Å². The summed E-state index contributed by atoms with van der Waals surface area (Å²) in [6.45, 7) is 3.15. The maximum absolute atomic E-state index is 10.6. The lowest BCUT2D eigenvalue weighted by Gasteiger charge is -2.24. The number of allylic oxidation sites excluding steroid dienone is 2. The van der Waals surface area contributed by atoms with Gasteiger partial charge in [0.25, 0.3) is 0 Å². The molecule has 0 spiro atoms. The number of hydrogen-bond acceptors (Lipinski definition) is 4. The number of aromatic carboxylic acids is 1. The first-order chi connectivity index (χ1) is 8.66. The lowest BCUT2D eigenvalue weighted by Crippen LogP contribution is -2.19. The van der Waals surface area contributed by atoms with Gasteiger partial charge in [-0.3, -0.25) is 0 Å². The van der Waals surface area contributed by atoms with E-state index in [0.29, 0.717) is 24.2 Å². The van der Waals surface area contributed by atoms with E-state index < -0.39 is 5.97 Å². The first kappa shape index (κ1) is 12.8. The zero-order valence-corrected chi connectivity index (χ0v) is 10.3. The Morgan fingerprint density at radius 1 is 1.56 bits per heavy atom. The van der Waals surface area contributed by atoms with Crippen LogP contribution in [0.3, 0.4) is 0 Å². The summed E-state index contributed by atoms with van der Waals surface area (Å²) in [7, 11) is 0. The molecule has 0 amide bonds. The van der Waals surface area contributed by atoms with Gasteiger partial charge in [-0.25, -0.2) is 4.79 Å². The van der Waals surface area contributed by atoms with Crippen LogP contribution in [0.5, 0.6) is 0 Å². The number of nitrogens with zero attached hydrogens (tertiary/aromatic N) is 1. The Morgan fingerprint density at radius 2 is 2.33 bits per heavy atom. The Balaban J connectivity index is 1.77. The monoisotopic (exact) mass is 251 g/mol. The van der Waals surface area contributed by atoms with E-state index in [1.165, 1.54) is 6.07 Å². The molecule has 2 unspecified atom stereocenters. The van der Waals surface area contributed by atoms with Crippen LogP contribution in [0, 0.1) is 11.8 Å². The highest BCUT2D eigenvalue weighted by Gasteiger charge is 2.18. The maximum Gasteiger partial charge on any atom is 0.358 e. The molecule has 0 radical (unpaired) electrons. The molecule has 2 atom stereocenters. The number of rotatable bonds is 5. The summed E-state index contributed by atoms with van der Waals surface area (Å²) in [6.07, 6.45) is 6.53. The van der Waals surface area contributed by atoms with Crippen molar-refractivity contribution in [2.24, 2.45) is 11.8 Å². The van der Waals surface area contributed by atoms with Gasteiger partial charge in [0.15, 0.2) is 11.5 Å². The Labute approximate surface area is 105 Å². The minimum Gasteiger partial charge on any atom is -0.476 e. The highest BCUT2D eigenvalue weighted by atomic mass is 16.5. The van der Waals surface area contributed by atoms with E-state index in [1.54, 1.807) is 0 Å². The third-order valence-corrected chi connectivity index (χ3v) is 3.27. The van der Waals surface area contributed by atoms with E-state index in [-0.39, 0.29) is 12.3 Å². The summed E-state index contributed by atoms with van der Waals surface area (Å²) < 4.78 is 10.4. The van der Waals surface area contributed by atoms with Gasteiger partial charge in [0.05, 0.1) is 6.61 Å². The second-order valence-electron chi connectivity index (χ2n) is 4.68. The second kappa shape index (κ2) is 5.82. The lowest BCUT2D eigenvalue weighted by molar-refractivity contribution is 0.0551. The summed E-state index contributed by atoms with van der Waals surface area (Å²) in [5, 5.41) is 12.1. The van der Waals surface area contributed by atoms with Crippen molar-refractivity contribution in [1.29, 1.82) is 0 Å². The van der Waals surface area contributed by atoms with Crippen LogP contribution in [0.25, 0.3) is 0 Å². The van der Waals surface area contributed by atoms with Gasteiger partial charge in [0, 0.05) is 6.07 Å². The van der Waals surface area contributed by atoms with Gasteiger partial charge in [0.2, 0.25) is 0 Å². The Morgan fingerprint density at radius 3 is 3.00 bits per heavy atom. The van der Waals surface area contributed by atoms with Crippen LogP contribution in [-0.2, 0) is 11.3 Å². The van der Waals surface area contributed by atoms with E-state index >= 15 is 0 Å². The third kappa shape index (κ3) is 3.20. The quantitative estimate of drug-likeness (QED) is 0.814. The van der Waals surface area contributed by atoms with Crippen molar-refractivity contribution in [3.63, 3.8) is 0 Å². The average Bonchev–Trinajstić information content (AvgIpc) is 2.80. The van der Waals surface area contributed by atoms with Crippen molar-refractivity contribution >= 4 is 5.97 Å². The molecule has 0 saturated heterocycles. The number of ether oxygens (including phenoxy) is 1. The molecular weight excluding hydrogens is 234 g/mol. The first-order valence-electron chi connectivity index (χ1n) is 6.08. The number of carboxylic acids is 1. The first-order valence-corrected chi connectivity index (χ1v) is 6.08. The van der Waals surface area contributed by atoms with Gasteiger partial charge >= 0.3 is 5.97 Å². The van der Waals surface area contributed by atoms with Crippen LogP contribution in [0.15, 0.2) is 22.7 Å². The minimum absolute atomic E-state index is 0.0810. The topological polar surface area (TPSA) is 72.6 Å². The standard InChI is InChI=1S/C13H17NO4/c1-9-4-2-3-5-10(9)7-17-8-11-6-12(13(15)16)14-18-11/h2-3,6,9-10H,4-5,7-8H2,1H3,(H,15,16). The Kier molecular flexibility index (Phi) is 4.15. The van der Waals surface area contributed by atoms with Crippen LogP contribution in [0.4, 0.5) is 0 Å². The van der Waals surface area contributed by atoms with Crippen molar-refractivity contribution in [2.75, 3.05) is 6.61 Å². The molecule has 5 nitrogen and oxygen atoms in total. The SMILES string of the molecule is CC1CC=CCC1COCc1cc(C(=O)O)no1. The van der Waals surface area contributed by atoms with Gasteiger partial charge < -0.3 is 14.4 Å². The largest absolute Gasteiger partial charge is 0.476 e. The molecule has 0 aliphatic heterocycles. The third-order valence-electron chi connectivity index (χ3n) is 3.27. The summed E-state index contributed by atoms with van der Waals surface area (Å²) in [6, 6.07) is 1.40. The van der Waals surface area contributed by atoms with Crippen molar-refractivity contribution < 1.29 is 19.2 Å². The zero-order valence-electron chi connectivity index (χ0n) is 10.3. The molecule has 98 valence electrons. The van der Waals surface area contributed by atoms with Crippen LogP contribution in [0.2, 0.25) is 0 Å². The molecule has 5 heteroatoms. The maximum atomic E-state index is 10.6. The van der Waals surface area contributed by atoms with E-state index in [2.05, 4.69) is 24.2 Å². The molecule has 1 N–H and O–H groups in total. The van der Waals surface area contributed by atoms with Crippen LogP contribution >= 0.6 is 0 Å². The smallest absolute Gasteiger partial charge is 0.358 e. The van der Waals surface area contributed by atoms with Gasteiger partial charge in [0.1, 0.15) is 6.61 Å². The Hall–Kier alpha value is -1.62. The highest BCUT2D eigenvalue weighted by molar-refractivity contribution is 5.85. The van der Waals surface area contributed by atoms with Crippen LogP contribution in [0.1, 0.15) is 36.0 Å². The normalized spacial score (nSPS) is 23.2. The molecule has 0 saturated carbocycles. The van der Waals surface area contributed by atoms with Crippen LogP contribution < -0.4 is 0 Å². The van der Waals surface area contributed by atoms with E-state index in [0.717, 1.165) is 12.8 Å². The fraction of sp³-hybridized carbons (Fsp3) is 0.538. The van der Waals surface area contributed by atoms with E-state index in [9.17, 15) is 4.79 Å². The molecule has 1 aliphatic rings. The predicted molar refractivity (Wildman–Crippen MR) is 64.1 cm³/mol. The molecule has 0 bridgehead atoms. The molecule has 1 aromatic heterocycles. The number of aromatic nitrogens is 1. The molecule has 2 rings (SSSR count). The summed E-state index contributed by atoms with van der Waals surface area (Å²) in [5.74, 6) is 0.513. The van der Waals surface area contributed by atoms with Crippen molar-refractivity contribution in [3.8, 4) is 0 Å². The van der Waals surface area contributed by atoms with Crippen molar-refractivity contribution in [1.82, 2.24) is 5.16 Å². The van der Waals surface area contributed by atoms with Crippen LogP contribution in [-0.4, -0.2) is 22.8 Å². The predicted octanol–water partition coefficient (Wildman–Crippen LogP) is 2.49. The van der Waals surface area contributed by atoms with Gasteiger partial charge in [-0.2, -0.15) is 0 Å². The minimum atomic E-state index is -1.09. The number of carbonyl (C=O) groups is 1. The van der Waals surface area contributed by atoms with Gasteiger partial charge in [-0.05, 0) is 24.7 Å². The molecular formula is C13H17NO4. The van der Waals surface area contributed by atoms with E-state index in [1.807, 2.05) is 0 Å². The molecule has 1 aliphatic carbocycles. The van der Waals surface area contributed by atoms with Gasteiger partial charge in [-0.15, -0.1) is 0 Å². The zero-order chi connectivity index (χ0) is 13.0. The lowest BCUT2D eigenvalue weighted by atomic mass is 9.85.